The van der Waals surface area contributed by atoms with Gasteiger partial charge in [-0.25, -0.2) is 0 Å². The molecule has 0 aromatic carbocycles. The van der Waals surface area contributed by atoms with E-state index in [9.17, 15) is 8.42 Å². The summed E-state index contributed by atoms with van der Waals surface area (Å²) in [6.07, 6.45) is 2.45. The van der Waals surface area contributed by atoms with Gasteiger partial charge in [-0.2, -0.15) is 17.8 Å². The summed E-state index contributed by atoms with van der Waals surface area (Å²) in [4.78, 5) is 0. The van der Waals surface area contributed by atoms with Crippen LogP contribution >= 0.6 is 0 Å². The number of nitrogens with zero attached hydrogens (tertiary/aromatic N) is 3. The van der Waals surface area contributed by atoms with E-state index >= 15 is 0 Å². The standard InChI is InChI=1S/C10H21N5O2S/c1-4-11-7-5-8-15(3)18(16,17)13-10-6-9-14(2)12-10/h6,9,11H,4-5,7-8H2,1-3H3,(H,12,13). The van der Waals surface area contributed by atoms with Crippen LogP contribution in [-0.4, -0.2) is 49.2 Å². The highest BCUT2D eigenvalue weighted by molar-refractivity contribution is 7.90. The molecule has 2 N–H and O–H groups in total. The van der Waals surface area contributed by atoms with Gasteiger partial charge in [0.05, 0.1) is 0 Å². The summed E-state index contributed by atoms with van der Waals surface area (Å²) in [5, 5.41) is 7.13. The van der Waals surface area contributed by atoms with Gasteiger partial charge in [-0.15, -0.1) is 0 Å². The number of anilines is 1. The molecule has 0 amide bonds. The molecular weight excluding hydrogens is 254 g/mol. The van der Waals surface area contributed by atoms with Gasteiger partial charge in [0.15, 0.2) is 5.82 Å². The van der Waals surface area contributed by atoms with E-state index in [0.717, 1.165) is 19.5 Å². The molecule has 0 unspecified atom stereocenters. The zero-order valence-electron chi connectivity index (χ0n) is 11.0. The van der Waals surface area contributed by atoms with Gasteiger partial charge in [0.1, 0.15) is 0 Å². The maximum Gasteiger partial charge on any atom is 0.302 e. The van der Waals surface area contributed by atoms with E-state index < -0.39 is 10.2 Å². The molecule has 7 nitrogen and oxygen atoms in total. The van der Waals surface area contributed by atoms with Crippen molar-refractivity contribution >= 4 is 16.0 Å². The van der Waals surface area contributed by atoms with E-state index in [2.05, 4.69) is 15.1 Å². The molecule has 0 spiro atoms. The minimum atomic E-state index is -3.51. The number of aromatic nitrogens is 2. The molecular formula is C10H21N5O2S. The van der Waals surface area contributed by atoms with Gasteiger partial charge < -0.3 is 5.32 Å². The predicted octanol–water partition coefficient (Wildman–Crippen LogP) is 0.00820. The lowest BCUT2D eigenvalue weighted by Gasteiger charge is -2.17. The first kappa shape index (κ1) is 14.9. The van der Waals surface area contributed by atoms with Crippen LogP contribution in [-0.2, 0) is 17.3 Å². The summed E-state index contributed by atoms with van der Waals surface area (Å²) in [6.45, 7) is 4.18. The summed E-state index contributed by atoms with van der Waals surface area (Å²) in [6, 6.07) is 1.62. The minimum absolute atomic E-state index is 0.330. The Balaban J connectivity index is 2.47. The third kappa shape index (κ3) is 4.63. The molecule has 0 aliphatic carbocycles. The van der Waals surface area contributed by atoms with Crippen molar-refractivity contribution in [2.24, 2.45) is 7.05 Å². The molecule has 0 radical (unpaired) electrons. The van der Waals surface area contributed by atoms with Crippen LogP contribution < -0.4 is 10.0 Å². The van der Waals surface area contributed by atoms with Crippen LogP contribution in [0.25, 0.3) is 0 Å². The normalized spacial score (nSPS) is 12.0. The van der Waals surface area contributed by atoms with Crippen molar-refractivity contribution in [2.75, 3.05) is 31.4 Å². The lowest BCUT2D eigenvalue weighted by molar-refractivity contribution is 0.459. The Morgan fingerprint density at radius 3 is 2.78 bits per heavy atom. The van der Waals surface area contributed by atoms with Gasteiger partial charge in [0.2, 0.25) is 0 Å². The zero-order chi connectivity index (χ0) is 13.6. The van der Waals surface area contributed by atoms with Gasteiger partial charge in [0.25, 0.3) is 0 Å². The molecule has 0 aliphatic rings. The molecule has 0 aliphatic heterocycles. The third-order valence-electron chi connectivity index (χ3n) is 2.43. The fourth-order valence-electron chi connectivity index (χ4n) is 1.40. The Hall–Kier alpha value is -1.12. The molecule has 104 valence electrons. The minimum Gasteiger partial charge on any atom is -0.317 e. The van der Waals surface area contributed by atoms with Crippen molar-refractivity contribution in [1.29, 1.82) is 0 Å². The summed E-state index contributed by atoms with van der Waals surface area (Å²) in [5.41, 5.74) is 0. The first-order chi connectivity index (χ1) is 8.45. The van der Waals surface area contributed by atoms with E-state index in [0.29, 0.717) is 12.4 Å². The van der Waals surface area contributed by atoms with E-state index in [4.69, 9.17) is 0 Å². The van der Waals surface area contributed by atoms with Crippen LogP contribution in [0.15, 0.2) is 12.3 Å². The van der Waals surface area contributed by atoms with Crippen molar-refractivity contribution in [2.45, 2.75) is 13.3 Å². The van der Waals surface area contributed by atoms with E-state index in [1.54, 1.807) is 31.0 Å². The highest BCUT2D eigenvalue weighted by Crippen LogP contribution is 2.07. The highest BCUT2D eigenvalue weighted by Gasteiger charge is 2.17. The van der Waals surface area contributed by atoms with Gasteiger partial charge in [-0.1, -0.05) is 6.92 Å². The molecule has 8 heteroatoms. The fourth-order valence-corrected chi connectivity index (χ4v) is 2.30. The first-order valence-corrected chi connectivity index (χ1v) is 7.34. The lowest BCUT2D eigenvalue weighted by atomic mass is 10.4. The summed E-state index contributed by atoms with van der Waals surface area (Å²) >= 11 is 0. The molecule has 18 heavy (non-hydrogen) atoms. The Morgan fingerprint density at radius 2 is 2.22 bits per heavy atom. The lowest BCUT2D eigenvalue weighted by Crippen LogP contribution is -2.34. The molecule has 1 rings (SSSR count). The van der Waals surface area contributed by atoms with Gasteiger partial charge in [0, 0.05) is 32.9 Å². The van der Waals surface area contributed by atoms with Crippen LogP contribution in [0.4, 0.5) is 5.82 Å². The van der Waals surface area contributed by atoms with Crippen LogP contribution in [0.2, 0.25) is 0 Å². The van der Waals surface area contributed by atoms with Crippen molar-refractivity contribution < 1.29 is 8.42 Å². The van der Waals surface area contributed by atoms with Crippen molar-refractivity contribution in [3.05, 3.63) is 12.3 Å². The summed E-state index contributed by atoms with van der Waals surface area (Å²) in [7, 11) is -0.221. The van der Waals surface area contributed by atoms with Gasteiger partial charge >= 0.3 is 10.2 Å². The topological polar surface area (TPSA) is 79.3 Å². The molecule has 0 atom stereocenters. The number of hydrogen-bond acceptors (Lipinski definition) is 4. The second-order valence-corrected chi connectivity index (χ2v) is 5.79. The second-order valence-electron chi connectivity index (χ2n) is 4.01. The molecule has 1 aromatic rings. The van der Waals surface area contributed by atoms with Crippen molar-refractivity contribution in [1.82, 2.24) is 19.4 Å². The molecule has 1 heterocycles. The Kier molecular flexibility index (Phi) is 5.57. The van der Waals surface area contributed by atoms with E-state index in [-0.39, 0.29) is 0 Å². The fraction of sp³-hybridized carbons (Fsp3) is 0.700. The van der Waals surface area contributed by atoms with Crippen LogP contribution in [0.3, 0.4) is 0 Å². The number of aryl methyl sites for hydroxylation is 1. The molecule has 0 saturated carbocycles. The largest absolute Gasteiger partial charge is 0.317 e. The average molecular weight is 275 g/mol. The maximum absolute atomic E-state index is 11.9. The highest BCUT2D eigenvalue weighted by atomic mass is 32.2. The quantitative estimate of drug-likeness (QED) is 0.655. The van der Waals surface area contributed by atoms with Crippen LogP contribution in [0, 0.1) is 0 Å². The molecule has 1 aromatic heterocycles. The molecule has 0 bridgehead atoms. The van der Waals surface area contributed by atoms with Gasteiger partial charge in [-0.3, -0.25) is 9.40 Å². The maximum atomic E-state index is 11.9. The molecule has 0 saturated heterocycles. The smallest absolute Gasteiger partial charge is 0.302 e. The Labute approximate surface area is 108 Å². The van der Waals surface area contributed by atoms with E-state index in [1.807, 2.05) is 6.92 Å². The van der Waals surface area contributed by atoms with E-state index in [1.165, 1.54) is 4.31 Å². The first-order valence-electron chi connectivity index (χ1n) is 5.90. The number of hydrogen-bond donors (Lipinski definition) is 2. The monoisotopic (exact) mass is 275 g/mol. The SMILES string of the molecule is CCNCCCN(C)S(=O)(=O)Nc1ccn(C)n1. The van der Waals surface area contributed by atoms with Crippen molar-refractivity contribution in [3.8, 4) is 0 Å². The average Bonchev–Trinajstić information content (AvgIpc) is 2.69. The number of rotatable bonds is 8. The summed E-state index contributed by atoms with van der Waals surface area (Å²) < 4.78 is 29.1. The Morgan fingerprint density at radius 1 is 1.50 bits per heavy atom. The van der Waals surface area contributed by atoms with Crippen molar-refractivity contribution in [3.63, 3.8) is 0 Å². The van der Waals surface area contributed by atoms with Crippen LogP contribution in [0.5, 0.6) is 0 Å². The Bertz CT molecular complexity index is 457. The second kappa shape index (κ2) is 6.72. The van der Waals surface area contributed by atoms with Gasteiger partial charge in [-0.05, 0) is 19.5 Å². The summed E-state index contributed by atoms with van der Waals surface area (Å²) in [5.74, 6) is 0.330. The zero-order valence-corrected chi connectivity index (χ0v) is 11.9. The molecule has 0 fully saturated rings. The van der Waals surface area contributed by atoms with Crippen LogP contribution in [0.1, 0.15) is 13.3 Å². The predicted molar refractivity (Wildman–Crippen MR) is 71.5 cm³/mol. The number of nitrogens with one attached hydrogen (secondary N) is 2. The third-order valence-corrected chi connectivity index (χ3v) is 3.90.